The second-order valence-corrected chi connectivity index (χ2v) is 5.93. The smallest absolute Gasteiger partial charge is 0.127 e. The fourth-order valence-corrected chi connectivity index (χ4v) is 2.89. The highest BCUT2D eigenvalue weighted by Gasteiger charge is 2.20. The van der Waals surface area contributed by atoms with Crippen LogP contribution in [0.25, 0.3) is 0 Å². The highest BCUT2D eigenvalue weighted by atomic mass is 79.9. The quantitative estimate of drug-likeness (QED) is 0.894. The highest BCUT2D eigenvalue weighted by molar-refractivity contribution is 9.10. The first kappa shape index (κ1) is 14.0. The van der Waals surface area contributed by atoms with Crippen LogP contribution in [0, 0.1) is 11.7 Å². The summed E-state index contributed by atoms with van der Waals surface area (Å²) in [5.74, 6) is 0.306. The minimum absolute atomic E-state index is 0.158. The molecular weight excluding hydrogens is 297 g/mol. The number of hydrogen-bond donors (Lipinski definition) is 2. The summed E-state index contributed by atoms with van der Waals surface area (Å²) in [6, 6.07) is 5.47. The van der Waals surface area contributed by atoms with E-state index in [4.69, 9.17) is 5.11 Å². The van der Waals surface area contributed by atoms with Gasteiger partial charge in [-0.05, 0) is 49.8 Å². The molecule has 4 heteroatoms. The van der Waals surface area contributed by atoms with Crippen LogP contribution < -0.4 is 5.32 Å². The van der Waals surface area contributed by atoms with E-state index in [0.29, 0.717) is 30.7 Å². The van der Waals surface area contributed by atoms with E-state index in [1.807, 2.05) is 6.07 Å². The van der Waals surface area contributed by atoms with Crippen molar-refractivity contribution in [1.29, 1.82) is 0 Å². The Hall–Kier alpha value is -0.450. The molecule has 0 heterocycles. The number of rotatable bonds is 4. The van der Waals surface area contributed by atoms with Crippen molar-refractivity contribution in [2.24, 2.45) is 5.92 Å². The van der Waals surface area contributed by atoms with Gasteiger partial charge in [0.2, 0.25) is 0 Å². The third-order valence-electron chi connectivity index (χ3n) is 3.69. The Morgan fingerprint density at radius 1 is 1.28 bits per heavy atom. The SMILES string of the molecule is OCC1CCC(NCc2cc(Br)ccc2F)CC1. The van der Waals surface area contributed by atoms with Crippen LogP contribution in [0.5, 0.6) is 0 Å². The maximum atomic E-state index is 13.5. The number of aliphatic hydroxyl groups excluding tert-OH is 1. The zero-order chi connectivity index (χ0) is 13.0. The fraction of sp³-hybridized carbons (Fsp3) is 0.571. The summed E-state index contributed by atoms with van der Waals surface area (Å²) >= 11 is 3.36. The molecule has 0 atom stereocenters. The molecule has 0 amide bonds. The average molecular weight is 316 g/mol. The predicted octanol–water partition coefficient (Wildman–Crippen LogP) is 3.23. The maximum absolute atomic E-state index is 13.5. The monoisotopic (exact) mass is 315 g/mol. The van der Waals surface area contributed by atoms with Crippen molar-refractivity contribution in [2.45, 2.75) is 38.3 Å². The Morgan fingerprint density at radius 3 is 2.67 bits per heavy atom. The predicted molar refractivity (Wildman–Crippen MR) is 73.8 cm³/mol. The van der Waals surface area contributed by atoms with E-state index in [1.54, 1.807) is 6.07 Å². The maximum Gasteiger partial charge on any atom is 0.127 e. The van der Waals surface area contributed by atoms with Crippen LogP contribution in [0.1, 0.15) is 31.2 Å². The van der Waals surface area contributed by atoms with Crippen LogP contribution >= 0.6 is 15.9 Å². The summed E-state index contributed by atoms with van der Waals surface area (Å²) in [5, 5.41) is 12.5. The lowest BCUT2D eigenvalue weighted by Gasteiger charge is -2.28. The molecule has 0 unspecified atom stereocenters. The number of benzene rings is 1. The van der Waals surface area contributed by atoms with Crippen LogP contribution in [-0.2, 0) is 6.54 Å². The highest BCUT2D eigenvalue weighted by Crippen LogP contribution is 2.24. The van der Waals surface area contributed by atoms with Gasteiger partial charge in [0, 0.05) is 29.2 Å². The van der Waals surface area contributed by atoms with E-state index in [-0.39, 0.29) is 5.82 Å². The average Bonchev–Trinajstić information content (AvgIpc) is 2.40. The molecule has 2 rings (SSSR count). The summed E-state index contributed by atoms with van der Waals surface area (Å²) in [5.41, 5.74) is 0.702. The van der Waals surface area contributed by atoms with Crippen molar-refractivity contribution in [1.82, 2.24) is 5.32 Å². The van der Waals surface area contributed by atoms with E-state index in [2.05, 4.69) is 21.2 Å². The normalized spacial score (nSPS) is 24.2. The molecule has 0 bridgehead atoms. The van der Waals surface area contributed by atoms with Crippen molar-refractivity contribution in [3.05, 3.63) is 34.1 Å². The molecule has 0 radical (unpaired) electrons. The zero-order valence-electron chi connectivity index (χ0n) is 10.3. The molecule has 1 aliphatic carbocycles. The van der Waals surface area contributed by atoms with E-state index in [1.165, 1.54) is 6.07 Å². The topological polar surface area (TPSA) is 32.3 Å². The van der Waals surface area contributed by atoms with E-state index >= 15 is 0 Å². The van der Waals surface area contributed by atoms with Crippen LogP contribution in [0.4, 0.5) is 4.39 Å². The summed E-state index contributed by atoms with van der Waals surface area (Å²) < 4.78 is 14.5. The molecule has 1 aromatic rings. The van der Waals surface area contributed by atoms with Gasteiger partial charge in [0.15, 0.2) is 0 Å². The number of halogens is 2. The van der Waals surface area contributed by atoms with Gasteiger partial charge < -0.3 is 10.4 Å². The summed E-state index contributed by atoms with van der Waals surface area (Å²) in [6.45, 7) is 0.868. The first-order valence-corrected chi connectivity index (χ1v) is 7.26. The fourth-order valence-electron chi connectivity index (χ4n) is 2.48. The van der Waals surface area contributed by atoms with Gasteiger partial charge in [0.1, 0.15) is 5.82 Å². The Balaban J connectivity index is 1.83. The molecule has 1 saturated carbocycles. The number of hydrogen-bond acceptors (Lipinski definition) is 2. The lowest BCUT2D eigenvalue weighted by Crippen LogP contribution is -2.33. The molecule has 1 aromatic carbocycles. The Morgan fingerprint density at radius 2 is 2.00 bits per heavy atom. The number of nitrogens with one attached hydrogen (secondary N) is 1. The minimum Gasteiger partial charge on any atom is -0.396 e. The lowest BCUT2D eigenvalue weighted by atomic mass is 9.86. The van der Waals surface area contributed by atoms with Crippen LogP contribution in [-0.4, -0.2) is 17.8 Å². The molecular formula is C14H19BrFNO. The van der Waals surface area contributed by atoms with Crippen molar-refractivity contribution >= 4 is 15.9 Å². The van der Waals surface area contributed by atoms with Gasteiger partial charge in [0.05, 0.1) is 0 Å². The minimum atomic E-state index is -0.158. The van der Waals surface area contributed by atoms with Gasteiger partial charge in [-0.3, -0.25) is 0 Å². The largest absolute Gasteiger partial charge is 0.396 e. The number of aliphatic hydroxyl groups is 1. The lowest BCUT2D eigenvalue weighted by molar-refractivity contribution is 0.175. The third-order valence-corrected chi connectivity index (χ3v) is 4.19. The Kier molecular flexibility index (Phi) is 5.15. The molecule has 1 aliphatic rings. The van der Waals surface area contributed by atoms with Gasteiger partial charge in [-0.25, -0.2) is 4.39 Å². The van der Waals surface area contributed by atoms with Crippen molar-refractivity contribution < 1.29 is 9.50 Å². The van der Waals surface area contributed by atoms with Crippen molar-refractivity contribution in [3.63, 3.8) is 0 Å². The molecule has 0 aliphatic heterocycles. The van der Waals surface area contributed by atoms with E-state index in [9.17, 15) is 4.39 Å². The summed E-state index contributed by atoms with van der Waals surface area (Å²) in [7, 11) is 0. The van der Waals surface area contributed by atoms with Gasteiger partial charge in [-0.1, -0.05) is 15.9 Å². The molecule has 1 fully saturated rings. The van der Waals surface area contributed by atoms with Crippen molar-refractivity contribution in [3.8, 4) is 0 Å². The van der Waals surface area contributed by atoms with Crippen LogP contribution in [0.15, 0.2) is 22.7 Å². The van der Waals surface area contributed by atoms with Crippen molar-refractivity contribution in [2.75, 3.05) is 6.61 Å². The molecule has 18 heavy (non-hydrogen) atoms. The Bertz CT molecular complexity index is 391. The third kappa shape index (κ3) is 3.77. The van der Waals surface area contributed by atoms with Crippen LogP contribution in [0.3, 0.4) is 0 Å². The summed E-state index contributed by atoms with van der Waals surface area (Å²) in [6.07, 6.45) is 4.27. The molecule has 100 valence electrons. The molecule has 2 nitrogen and oxygen atoms in total. The second kappa shape index (κ2) is 6.64. The molecule has 2 N–H and O–H groups in total. The second-order valence-electron chi connectivity index (χ2n) is 5.02. The van der Waals surface area contributed by atoms with E-state index < -0.39 is 0 Å². The standard InChI is InChI=1S/C14H19BrFNO/c15-12-3-6-14(16)11(7-12)8-17-13-4-1-10(9-18)2-5-13/h3,6-7,10,13,17-18H,1-2,4-5,8-9H2. The first-order valence-electron chi connectivity index (χ1n) is 6.47. The molecule has 0 saturated heterocycles. The zero-order valence-corrected chi connectivity index (χ0v) is 11.9. The van der Waals surface area contributed by atoms with E-state index in [0.717, 1.165) is 30.2 Å². The van der Waals surface area contributed by atoms with Gasteiger partial charge in [-0.15, -0.1) is 0 Å². The van der Waals surface area contributed by atoms with Gasteiger partial charge in [-0.2, -0.15) is 0 Å². The van der Waals surface area contributed by atoms with Crippen LogP contribution in [0.2, 0.25) is 0 Å². The molecule has 0 aromatic heterocycles. The molecule has 0 spiro atoms. The van der Waals surface area contributed by atoms with Gasteiger partial charge in [0.25, 0.3) is 0 Å². The first-order chi connectivity index (χ1) is 8.69. The summed E-state index contributed by atoms with van der Waals surface area (Å²) in [4.78, 5) is 0. The Labute approximate surface area is 116 Å². The van der Waals surface area contributed by atoms with Gasteiger partial charge >= 0.3 is 0 Å².